The largest absolute Gasteiger partial charge is 0.472 e. The van der Waals surface area contributed by atoms with Crippen LogP contribution < -0.4 is 5.32 Å². The van der Waals surface area contributed by atoms with Crippen molar-refractivity contribution in [1.29, 1.82) is 0 Å². The average molecular weight is 1080 g/mol. The van der Waals surface area contributed by atoms with Gasteiger partial charge in [-0.2, -0.15) is 0 Å². The fourth-order valence-corrected chi connectivity index (χ4v) is 9.22. The predicted octanol–water partition coefficient (Wildman–Crippen LogP) is 19.2. The lowest BCUT2D eigenvalue weighted by molar-refractivity contribution is -0.870. The molecule has 1 amide bonds. The first-order chi connectivity index (χ1) is 36.9. The number of hydrogen-bond donors (Lipinski definition) is 2. The van der Waals surface area contributed by atoms with Crippen LogP contribution in [0, 0.1) is 0 Å². The zero-order valence-electron chi connectivity index (χ0n) is 50.0. The lowest BCUT2D eigenvalue weighted by atomic mass is 10.0. The summed E-state index contributed by atoms with van der Waals surface area (Å²) in [5, 5.41) is 3.04. The van der Waals surface area contributed by atoms with Crippen LogP contribution in [0.25, 0.3) is 0 Å². The van der Waals surface area contributed by atoms with E-state index in [-0.39, 0.29) is 31.5 Å². The molecule has 3 unspecified atom stereocenters. The summed E-state index contributed by atoms with van der Waals surface area (Å²) in [6.07, 6.45) is 74.0. The smallest absolute Gasteiger partial charge is 0.456 e. The number of hydrogen-bond acceptors (Lipinski definition) is 6. The van der Waals surface area contributed by atoms with Crippen LogP contribution in [0.5, 0.6) is 0 Å². The Labute approximate surface area is 468 Å². The van der Waals surface area contributed by atoms with E-state index in [0.29, 0.717) is 17.4 Å². The first-order valence-electron chi connectivity index (χ1n) is 31.1. The van der Waals surface area contributed by atoms with E-state index in [1.165, 1.54) is 96.3 Å². The Balaban J connectivity index is 5.26. The van der Waals surface area contributed by atoms with Gasteiger partial charge in [-0.15, -0.1) is 0 Å². The van der Waals surface area contributed by atoms with E-state index >= 15 is 0 Å². The Morgan fingerprint density at radius 3 is 1.37 bits per heavy atom. The number of nitrogens with zero attached hydrogens (tertiary/aromatic N) is 1. The number of amides is 1. The highest BCUT2D eigenvalue weighted by Crippen LogP contribution is 2.43. The van der Waals surface area contributed by atoms with Gasteiger partial charge in [0, 0.05) is 12.8 Å². The summed E-state index contributed by atoms with van der Waals surface area (Å²) < 4.78 is 30.7. The molecule has 0 aromatic heterocycles. The molecule has 0 bridgehead atoms. The normalized spacial score (nSPS) is 14.4. The minimum atomic E-state index is -4.46. The van der Waals surface area contributed by atoms with E-state index in [1.54, 1.807) is 0 Å². The number of nitrogens with one attached hydrogen (secondary N) is 1. The summed E-state index contributed by atoms with van der Waals surface area (Å²) in [4.78, 5) is 37.7. The number of carbonyl (C=O) groups is 2. The van der Waals surface area contributed by atoms with Gasteiger partial charge in [-0.3, -0.25) is 18.6 Å². The number of likely N-dealkylation sites (N-methyl/N-ethyl adjacent to an activating group) is 1. The summed E-state index contributed by atoms with van der Waals surface area (Å²) in [5.41, 5.74) is 0. The zero-order valence-corrected chi connectivity index (χ0v) is 50.9. The third-order valence-electron chi connectivity index (χ3n) is 13.3. The summed E-state index contributed by atoms with van der Waals surface area (Å²) in [5.74, 6) is -0.534. The van der Waals surface area contributed by atoms with Gasteiger partial charge in [0.25, 0.3) is 0 Å². The number of esters is 1. The van der Waals surface area contributed by atoms with Crippen molar-refractivity contribution >= 4 is 19.7 Å². The van der Waals surface area contributed by atoms with Crippen LogP contribution >= 0.6 is 7.82 Å². The number of carbonyl (C=O) groups excluding carboxylic acids is 2. The van der Waals surface area contributed by atoms with Gasteiger partial charge >= 0.3 is 13.8 Å². The number of phosphoric acid groups is 1. The molecule has 0 aromatic carbocycles. The minimum absolute atomic E-state index is 0.0316. The highest BCUT2D eigenvalue weighted by atomic mass is 31.2. The van der Waals surface area contributed by atoms with Crippen LogP contribution in [0.4, 0.5) is 0 Å². The fourth-order valence-electron chi connectivity index (χ4n) is 8.49. The Bertz CT molecular complexity index is 1620. The molecule has 9 nitrogen and oxygen atoms in total. The van der Waals surface area contributed by atoms with Gasteiger partial charge in [0.05, 0.1) is 33.8 Å². The Morgan fingerprint density at radius 1 is 0.487 bits per heavy atom. The highest BCUT2D eigenvalue weighted by molar-refractivity contribution is 7.47. The standard InChI is InChI=1S/C66H117N2O7P/c1-7-10-13-16-19-22-25-28-30-31-32-33-34-35-36-37-39-41-44-47-50-53-56-59-66(70)75-64(57-54-51-48-45-42-27-24-21-18-15-12-9-3)63(62-74-76(71,72)73-61-60-68(4,5)6)67-65(69)58-55-52-49-46-43-40-38-29-26-23-20-17-14-11-8-2/h10,13,19-20,22-23,26,28-30,32-33,35-36,54,57,63-64H,7-9,11-12,14-18,21,24-25,27,31,34,37-53,55-56,58-62H2,1-6H3,(H-,67,69,71,72)/p+1/b13-10-,22-19-,23-20+,29-26+,30-28-,33-32-,36-35-,57-54-. The molecule has 0 aliphatic rings. The highest BCUT2D eigenvalue weighted by Gasteiger charge is 2.30. The lowest BCUT2D eigenvalue weighted by Gasteiger charge is -2.27. The van der Waals surface area contributed by atoms with E-state index in [4.69, 9.17) is 13.8 Å². The molecule has 0 heterocycles. The maximum absolute atomic E-state index is 13.5. The monoisotopic (exact) mass is 1080 g/mol. The molecule has 0 aliphatic heterocycles. The topological polar surface area (TPSA) is 111 Å². The molecule has 3 atom stereocenters. The first kappa shape index (κ1) is 72.9. The van der Waals surface area contributed by atoms with Crippen LogP contribution in [0.3, 0.4) is 0 Å². The first-order valence-corrected chi connectivity index (χ1v) is 32.6. The molecule has 0 fully saturated rings. The molecule has 76 heavy (non-hydrogen) atoms. The molecular weight excluding hydrogens is 964 g/mol. The molecule has 0 aliphatic carbocycles. The van der Waals surface area contributed by atoms with Gasteiger partial charge in [-0.1, -0.05) is 240 Å². The number of phosphoric ester groups is 1. The minimum Gasteiger partial charge on any atom is -0.456 e. The number of unbranched alkanes of at least 4 members (excludes halogenated alkanes) is 26. The second kappa shape index (κ2) is 55.3. The van der Waals surface area contributed by atoms with E-state index in [0.717, 1.165) is 128 Å². The van der Waals surface area contributed by atoms with Crippen LogP contribution in [-0.2, 0) is 27.9 Å². The number of allylic oxidation sites excluding steroid dienone is 15. The van der Waals surface area contributed by atoms with Crippen LogP contribution in [-0.4, -0.2) is 74.3 Å². The van der Waals surface area contributed by atoms with Crippen LogP contribution in [0.1, 0.15) is 258 Å². The van der Waals surface area contributed by atoms with Gasteiger partial charge in [0.15, 0.2) is 0 Å². The van der Waals surface area contributed by atoms with Gasteiger partial charge in [0.2, 0.25) is 5.91 Å². The van der Waals surface area contributed by atoms with Crippen molar-refractivity contribution in [3.05, 3.63) is 97.2 Å². The molecule has 438 valence electrons. The van der Waals surface area contributed by atoms with Gasteiger partial charge in [-0.25, -0.2) is 4.57 Å². The third kappa shape index (κ3) is 55.7. The number of ether oxygens (including phenoxy) is 1. The van der Waals surface area contributed by atoms with Crippen LogP contribution in [0.2, 0.25) is 0 Å². The quantitative estimate of drug-likeness (QED) is 0.0156. The molecule has 2 N–H and O–H groups in total. The van der Waals surface area contributed by atoms with Crippen LogP contribution in [0.15, 0.2) is 97.2 Å². The Kier molecular flexibility index (Phi) is 53.0. The summed E-state index contributed by atoms with van der Waals surface area (Å²) >= 11 is 0. The molecular formula is C66H118N2O7P+. The second-order valence-corrected chi connectivity index (χ2v) is 23.3. The SMILES string of the molecule is CC/C=C\C/C=C\C/C=C\C/C=C\C/C=C\CCCCCCCCCC(=O)OC(/C=C\CCCCCCCCCCCC)C(COP(=O)(O)OCC[N+](C)(C)C)NC(=O)CCCCCCCC/C=C/C=C/CCCCC. The fraction of sp³-hybridized carbons (Fsp3) is 0.727. The number of rotatable bonds is 55. The van der Waals surface area contributed by atoms with Crippen molar-refractivity contribution < 1.29 is 37.3 Å². The van der Waals surface area contributed by atoms with Gasteiger partial charge in [-0.05, 0) is 102 Å². The van der Waals surface area contributed by atoms with E-state index < -0.39 is 20.0 Å². The molecule has 0 aromatic rings. The molecule has 0 radical (unpaired) electrons. The summed E-state index contributed by atoms with van der Waals surface area (Å²) in [6, 6.07) is -0.864. The van der Waals surface area contributed by atoms with Crippen molar-refractivity contribution in [1.82, 2.24) is 5.32 Å². The molecule has 0 saturated heterocycles. The van der Waals surface area contributed by atoms with E-state index in [1.807, 2.05) is 33.3 Å². The maximum atomic E-state index is 13.5. The molecule has 0 saturated carbocycles. The van der Waals surface area contributed by atoms with Crippen molar-refractivity contribution in [3.63, 3.8) is 0 Å². The number of quaternary nitrogens is 1. The zero-order chi connectivity index (χ0) is 55.7. The van der Waals surface area contributed by atoms with Crippen molar-refractivity contribution in [3.8, 4) is 0 Å². The molecule has 10 heteroatoms. The average Bonchev–Trinajstić information content (AvgIpc) is 3.38. The van der Waals surface area contributed by atoms with E-state index in [2.05, 4.69) is 111 Å². The Morgan fingerprint density at radius 2 is 0.882 bits per heavy atom. The van der Waals surface area contributed by atoms with E-state index in [9.17, 15) is 19.0 Å². The van der Waals surface area contributed by atoms with Crippen molar-refractivity contribution in [2.24, 2.45) is 0 Å². The Hall–Kier alpha value is -3.07. The summed E-state index contributed by atoms with van der Waals surface area (Å²) in [6.45, 7) is 6.85. The van der Waals surface area contributed by atoms with Crippen molar-refractivity contribution in [2.75, 3.05) is 40.9 Å². The second-order valence-electron chi connectivity index (χ2n) is 21.9. The predicted molar refractivity (Wildman–Crippen MR) is 327 cm³/mol. The third-order valence-corrected chi connectivity index (χ3v) is 14.3. The van der Waals surface area contributed by atoms with Crippen molar-refractivity contribution in [2.45, 2.75) is 270 Å². The maximum Gasteiger partial charge on any atom is 0.472 e. The molecule has 0 rings (SSSR count). The van der Waals surface area contributed by atoms with Gasteiger partial charge < -0.3 is 19.4 Å². The van der Waals surface area contributed by atoms with Gasteiger partial charge in [0.1, 0.15) is 19.3 Å². The molecule has 0 spiro atoms. The lowest BCUT2D eigenvalue weighted by Crippen LogP contribution is -2.47. The summed E-state index contributed by atoms with van der Waals surface area (Å²) in [7, 11) is 1.47.